The molecule has 0 unspecified atom stereocenters. The summed E-state index contributed by atoms with van der Waals surface area (Å²) in [6, 6.07) is 24.1. The summed E-state index contributed by atoms with van der Waals surface area (Å²) in [5.74, 6) is 3.09. The maximum atomic E-state index is 13.0. The molecule has 9 aromatic heterocycles. The van der Waals surface area contributed by atoms with E-state index in [1.165, 1.54) is 6.82 Å². The van der Waals surface area contributed by atoms with Crippen LogP contribution in [0.15, 0.2) is 124 Å². The first-order valence-corrected chi connectivity index (χ1v) is 33.6. The molecule has 526 valence electrons. The van der Waals surface area contributed by atoms with Crippen molar-refractivity contribution in [3.05, 3.63) is 193 Å². The summed E-state index contributed by atoms with van der Waals surface area (Å²) in [6.45, 7) is 23.8. The molecule has 0 atom stereocenters. The molecule has 0 bridgehead atoms. The molecule has 12 heterocycles. The van der Waals surface area contributed by atoms with Crippen molar-refractivity contribution in [3.63, 3.8) is 0 Å². The van der Waals surface area contributed by atoms with E-state index in [0.717, 1.165) is 171 Å². The smallest absolute Gasteiger partial charge is 0.410 e. The van der Waals surface area contributed by atoms with Gasteiger partial charge in [-0.2, -0.15) is 0 Å². The van der Waals surface area contributed by atoms with Gasteiger partial charge in [-0.25, -0.2) is 19.7 Å². The molecule has 24 nitrogen and oxygen atoms in total. The maximum Gasteiger partial charge on any atom is 0.410 e. The van der Waals surface area contributed by atoms with Crippen molar-refractivity contribution < 1.29 is 29.3 Å². The molecule has 0 aliphatic carbocycles. The highest BCUT2D eigenvalue weighted by Gasteiger charge is 2.29. The number of H-pyrrole nitrogens is 3. The Bertz CT molecular complexity index is 5130. The minimum atomic E-state index is -0.514. The number of fused-ring (bicyclic) bond motifs is 6. The van der Waals surface area contributed by atoms with E-state index >= 15 is 0 Å². The lowest BCUT2D eigenvalue weighted by Gasteiger charge is -2.33. The molecule has 0 saturated carbocycles. The van der Waals surface area contributed by atoms with E-state index in [-0.39, 0.29) is 49.1 Å². The summed E-state index contributed by atoms with van der Waals surface area (Å²) in [7, 11) is 6.64. The van der Waals surface area contributed by atoms with Crippen LogP contribution in [0.1, 0.15) is 136 Å². The first-order valence-electron chi connectivity index (χ1n) is 33.6. The van der Waals surface area contributed by atoms with Crippen molar-refractivity contribution in [2.75, 3.05) is 46.3 Å². The largest absolute Gasteiger partial charge is 0.483 e. The van der Waals surface area contributed by atoms with Crippen LogP contribution in [0.4, 0.5) is 4.79 Å². The number of aromatic nitrogens is 12. The lowest BCUT2D eigenvalue weighted by molar-refractivity contribution is -0.123. The SMILES string of the molecule is C.Cc1cn2cc(-c3ccc4nc(C5CCN(C(=O)OC(C)(C)C)CC5)[nH]c(=O)c4c3)cc2c(C)n1.Cc1cn2cc(-c3ccc4nc(C5CCN(C)CC5)[nH]c(=O)c4c3)cc2c(C)n1.Cc1cn2cc(-c3ccc4nc(C5CCNCC5)[nH]c(=O)c4c3)cc2c(C)n1.O=CO.O=CO.[B]C. The van der Waals surface area contributed by atoms with Crippen molar-refractivity contribution in [1.29, 1.82) is 0 Å². The van der Waals surface area contributed by atoms with Crippen LogP contribution < -0.4 is 22.0 Å². The van der Waals surface area contributed by atoms with Gasteiger partial charge in [-0.3, -0.25) is 38.9 Å². The zero-order valence-corrected chi connectivity index (χ0v) is 58.5. The Balaban J connectivity index is 0.000000168. The van der Waals surface area contributed by atoms with Gasteiger partial charge < -0.3 is 58.2 Å². The zero-order valence-electron chi connectivity index (χ0n) is 58.5. The molecule has 6 N–H and O–H groups in total. The fourth-order valence-electron chi connectivity index (χ4n) is 13.4. The van der Waals surface area contributed by atoms with Gasteiger partial charge in [0.2, 0.25) is 0 Å². The summed E-state index contributed by atoms with van der Waals surface area (Å²) in [5.41, 5.74) is 16.7. The number of nitrogens with one attached hydrogen (secondary N) is 4. The molecular formula is C76H90BN15O9. The van der Waals surface area contributed by atoms with Crippen LogP contribution >= 0.6 is 0 Å². The quantitative estimate of drug-likeness (QED) is 0.0666. The highest BCUT2D eigenvalue weighted by molar-refractivity contribution is 6.05. The molecule has 101 heavy (non-hydrogen) atoms. The number of piperidine rings is 3. The second-order valence-electron chi connectivity index (χ2n) is 26.6. The van der Waals surface area contributed by atoms with Gasteiger partial charge in [-0.05, 0) is 205 Å². The number of carbonyl (C=O) groups is 3. The monoisotopic (exact) mass is 1370 g/mol. The van der Waals surface area contributed by atoms with Gasteiger partial charge in [0.25, 0.3) is 29.6 Å². The second-order valence-corrected chi connectivity index (χ2v) is 26.6. The van der Waals surface area contributed by atoms with Gasteiger partial charge in [-0.1, -0.05) is 32.4 Å². The molecule has 3 saturated heterocycles. The number of carbonyl (C=O) groups excluding carboxylic acids is 1. The number of hydrogen-bond acceptors (Lipinski definition) is 15. The fraction of sp³-hybridized carbons (Fsp3) is 0.368. The average Bonchev–Trinajstić information content (AvgIpc) is 1.74. The Labute approximate surface area is 586 Å². The Morgan fingerprint density at radius 1 is 0.485 bits per heavy atom. The maximum absolute atomic E-state index is 13.0. The topological polar surface area (TPSA) is 309 Å². The number of hydrogen-bond donors (Lipinski definition) is 6. The number of aryl methyl sites for hydroxylation is 6. The molecule has 3 fully saturated rings. The first-order chi connectivity index (χ1) is 48.0. The molecule has 3 aliphatic rings. The zero-order chi connectivity index (χ0) is 71.7. The van der Waals surface area contributed by atoms with E-state index in [4.69, 9.17) is 39.5 Å². The van der Waals surface area contributed by atoms with Gasteiger partial charge >= 0.3 is 6.09 Å². The average molecular weight is 1370 g/mol. The van der Waals surface area contributed by atoms with E-state index in [0.29, 0.717) is 52.4 Å². The molecule has 2 radical (unpaired) electrons. The van der Waals surface area contributed by atoms with Crippen molar-refractivity contribution in [1.82, 2.24) is 73.2 Å². The van der Waals surface area contributed by atoms with E-state index in [1.54, 1.807) is 4.90 Å². The fourth-order valence-corrected chi connectivity index (χ4v) is 13.4. The van der Waals surface area contributed by atoms with Gasteiger partial charge in [0.05, 0.1) is 91.3 Å². The lowest BCUT2D eigenvalue weighted by Crippen LogP contribution is -2.41. The molecule has 15 rings (SSSR count). The van der Waals surface area contributed by atoms with E-state index in [9.17, 15) is 19.2 Å². The number of amides is 1. The van der Waals surface area contributed by atoms with E-state index in [2.05, 4.69) is 111 Å². The number of likely N-dealkylation sites (tertiary alicyclic amines) is 2. The number of rotatable bonds is 6. The predicted molar refractivity (Wildman–Crippen MR) is 398 cm³/mol. The highest BCUT2D eigenvalue weighted by Crippen LogP contribution is 2.33. The van der Waals surface area contributed by atoms with Gasteiger partial charge in [0.1, 0.15) is 23.1 Å². The number of carboxylic acid groups (broad SMARTS) is 2. The Morgan fingerprint density at radius 2 is 0.792 bits per heavy atom. The minimum absolute atomic E-state index is 0. The van der Waals surface area contributed by atoms with Crippen LogP contribution in [0, 0.1) is 41.5 Å². The molecule has 0 spiro atoms. The summed E-state index contributed by atoms with van der Waals surface area (Å²) >= 11 is 0. The van der Waals surface area contributed by atoms with Crippen LogP contribution in [0.5, 0.6) is 0 Å². The van der Waals surface area contributed by atoms with Crippen molar-refractivity contribution >= 4 is 76.1 Å². The summed E-state index contributed by atoms with van der Waals surface area (Å²) in [6.07, 6.45) is 17.5. The van der Waals surface area contributed by atoms with Crippen LogP contribution in [-0.4, -0.2) is 157 Å². The molecule has 25 heteroatoms. The van der Waals surface area contributed by atoms with E-state index < -0.39 is 5.60 Å². The van der Waals surface area contributed by atoms with Crippen LogP contribution in [0.25, 0.3) is 82.6 Å². The predicted octanol–water partition coefficient (Wildman–Crippen LogP) is 12.2. The normalized spacial score (nSPS) is 14.5. The number of nitrogens with zero attached hydrogens (tertiary/aromatic N) is 11. The lowest BCUT2D eigenvalue weighted by atomic mass is 9.96. The highest BCUT2D eigenvalue weighted by atomic mass is 16.6. The third-order valence-corrected chi connectivity index (χ3v) is 18.2. The standard InChI is InChI=1S/C27H31N5O3.C23H25N5O.C22H23N5O.CH3B.2CH2O2.CH4/c1-16-14-32-15-20(13-23(32)17(2)28-16)19-6-7-22-21(12-19)25(33)30-24(29-22)18-8-10-31(11-9-18)26(34)35-27(3,4)5;1-14-12-28-13-18(11-21(28)15(2)24-14)17-4-5-20-19(10-17)23(29)26-22(25-20)16-6-8-27(3)9-7-16;1-13-11-27-12-17(10-20(27)14(2)24-13)16-3-4-19-18(9-16)22(28)26-21(25-19)15-5-7-23-8-6-15;1-2;2*2-1-3;/h6-7,12-15,18H,8-11H2,1-5H3,(H,29,30,33);4-5,10-13,16H,6-9H2,1-3H3,(H,25,26,29);3-4,9-12,15,23H,5-8H2,1-2H3,(H,25,26,28);1H3;2*1H,(H,2,3);1H4. The third-order valence-electron chi connectivity index (χ3n) is 18.2. The summed E-state index contributed by atoms with van der Waals surface area (Å²) in [4.78, 5) is 109. The van der Waals surface area contributed by atoms with Gasteiger partial charge in [0, 0.05) is 84.7 Å². The number of benzene rings is 3. The number of aromatic amines is 3. The van der Waals surface area contributed by atoms with Crippen molar-refractivity contribution in [2.24, 2.45) is 0 Å². The molecule has 3 aromatic carbocycles. The number of ether oxygens (including phenoxy) is 1. The van der Waals surface area contributed by atoms with Gasteiger partial charge in [0.15, 0.2) is 0 Å². The van der Waals surface area contributed by atoms with Crippen LogP contribution in [0.3, 0.4) is 0 Å². The first kappa shape index (κ1) is 74.6. The molecule has 1 amide bonds. The summed E-state index contributed by atoms with van der Waals surface area (Å²) in [5, 5.41) is 19.0. The Hall–Kier alpha value is -10.7. The Morgan fingerprint density at radius 3 is 1.11 bits per heavy atom. The van der Waals surface area contributed by atoms with Crippen LogP contribution in [-0.2, 0) is 14.3 Å². The second kappa shape index (κ2) is 32.6. The summed E-state index contributed by atoms with van der Waals surface area (Å²) < 4.78 is 11.8. The van der Waals surface area contributed by atoms with E-state index in [1.807, 2.05) is 129 Å². The Kier molecular flexibility index (Phi) is 24.0. The molecular weight excluding hydrogens is 1280 g/mol. The third kappa shape index (κ3) is 17.5. The van der Waals surface area contributed by atoms with Crippen molar-refractivity contribution in [3.8, 4) is 33.4 Å². The molecule has 3 aliphatic heterocycles. The minimum Gasteiger partial charge on any atom is -0.483 e. The van der Waals surface area contributed by atoms with Crippen LogP contribution in [0.2, 0.25) is 6.82 Å². The van der Waals surface area contributed by atoms with Gasteiger partial charge in [-0.15, -0.1) is 0 Å². The van der Waals surface area contributed by atoms with Crippen molar-refractivity contribution in [2.45, 2.75) is 138 Å². The molecule has 12 aromatic rings.